The molecule has 0 bridgehead atoms. The maximum absolute atomic E-state index is 14.1. The number of oxazole rings is 1. The molecule has 2 aliphatic rings. The van der Waals surface area contributed by atoms with Crippen molar-refractivity contribution >= 4 is 40.8 Å². The van der Waals surface area contributed by atoms with Crippen molar-refractivity contribution in [1.82, 2.24) is 20.1 Å². The first-order valence-corrected chi connectivity index (χ1v) is 17.1. The van der Waals surface area contributed by atoms with Gasteiger partial charge in [0, 0.05) is 31.8 Å². The Balaban J connectivity index is 1.30. The third-order valence-corrected chi connectivity index (χ3v) is 9.05. The molecule has 2 aromatic carbocycles. The van der Waals surface area contributed by atoms with Crippen LogP contribution in [0.3, 0.4) is 0 Å². The number of hydrogen-bond acceptors (Lipinski definition) is 10. The maximum atomic E-state index is 14.1. The number of amides is 3. The van der Waals surface area contributed by atoms with Crippen LogP contribution in [-0.2, 0) is 25.7 Å². The number of fused-ring (bicyclic) bond motifs is 1. The molecule has 262 valence electrons. The van der Waals surface area contributed by atoms with Gasteiger partial charge >= 0.3 is 12.2 Å². The molecule has 3 N–H and O–H groups in total. The lowest BCUT2D eigenvalue weighted by Gasteiger charge is -2.28. The van der Waals surface area contributed by atoms with Gasteiger partial charge in [0.15, 0.2) is 11.4 Å². The Kier molecular flexibility index (Phi) is 12.4. The number of carbonyl (C=O) groups excluding carboxylic acids is 5. The summed E-state index contributed by atoms with van der Waals surface area (Å²) in [6.07, 6.45) is 2.34. The van der Waals surface area contributed by atoms with E-state index in [1.165, 1.54) is 11.8 Å². The van der Waals surface area contributed by atoms with Crippen LogP contribution in [0.1, 0.15) is 74.5 Å². The number of alkyl carbamates (subject to hydrolysis) is 1. The molecule has 13 nitrogen and oxygen atoms in total. The number of nitrogens with zero attached hydrogens (tertiary/aromatic N) is 3. The van der Waals surface area contributed by atoms with E-state index in [9.17, 15) is 24.0 Å². The van der Waals surface area contributed by atoms with Gasteiger partial charge in [-0.15, -0.1) is 0 Å². The zero-order valence-corrected chi connectivity index (χ0v) is 27.9. The summed E-state index contributed by atoms with van der Waals surface area (Å²) in [6, 6.07) is 14.1. The first kappa shape index (κ1) is 35.5. The number of benzene rings is 2. The number of ketones is 2. The number of para-hydroxylation sites is 2. The summed E-state index contributed by atoms with van der Waals surface area (Å²) in [5, 5.41) is 2.55. The topological polar surface area (TPSA) is 174 Å². The summed E-state index contributed by atoms with van der Waals surface area (Å²) in [5.41, 5.74) is 7.50. The molecule has 2 saturated heterocycles. The molecule has 4 atom stereocenters. The Hall–Kier alpha value is -4.78. The van der Waals surface area contributed by atoms with E-state index >= 15 is 0 Å². The first-order chi connectivity index (χ1) is 23.7. The highest BCUT2D eigenvalue weighted by atomic mass is 16.6. The van der Waals surface area contributed by atoms with Gasteiger partial charge in [-0.05, 0) is 63.3 Å². The van der Waals surface area contributed by atoms with Crippen LogP contribution in [-0.4, -0.2) is 88.8 Å². The summed E-state index contributed by atoms with van der Waals surface area (Å²) < 4.78 is 16.9. The van der Waals surface area contributed by atoms with Gasteiger partial charge in [-0.1, -0.05) is 48.9 Å². The van der Waals surface area contributed by atoms with E-state index in [2.05, 4.69) is 10.3 Å². The molecule has 13 heteroatoms. The molecule has 2 fully saturated rings. The average Bonchev–Trinajstić information content (AvgIpc) is 3.75. The maximum Gasteiger partial charge on any atom is 0.410 e. The number of unbranched alkanes of at least 4 members (excludes halogenated alkanes) is 1. The first-order valence-electron chi connectivity index (χ1n) is 17.1. The monoisotopic (exact) mass is 675 g/mol. The van der Waals surface area contributed by atoms with Gasteiger partial charge in [-0.3, -0.25) is 14.4 Å². The van der Waals surface area contributed by atoms with E-state index in [0.29, 0.717) is 50.0 Å². The molecule has 0 spiro atoms. The van der Waals surface area contributed by atoms with Gasteiger partial charge in [0.05, 0.1) is 12.6 Å². The zero-order chi connectivity index (χ0) is 34.8. The molecule has 0 saturated carbocycles. The van der Waals surface area contributed by atoms with Crippen LogP contribution >= 0.6 is 0 Å². The second-order valence-electron chi connectivity index (χ2n) is 12.7. The van der Waals surface area contributed by atoms with Gasteiger partial charge in [0.25, 0.3) is 5.89 Å². The fourth-order valence-corrected chi connectivity index (χ4v) is 6.37. The van der Waals surface area contributed by atoms with E-state index < -0.39 is 48.0 Å². The number of hydrogen-bond donors (Lipinski definition) is 2. The molecule has 3 amide bonds. The number of likely N-dealkylation sites (tertiary alicyclic amines) is 2. The Morgan fingerprint density at radius 2 is 1.73 bits per heavy atom. The smallest absolute Gasteiger partial charge is 0.410 e. The number of nitrogens with two attached hydrogens (primary N) is 1. The van der Waals surface area contributed by atoms with Crippen LogP contribution < -0.4 is 11.1 Å². The Labute approximate surface area is 285 Å². The lowest BCUT2D eigenvalue weighted by Crippen LogP contribution is -2.51. The third-order valence-electron chi connectivity index (χ3n) is 9.05. The van der Waals surface area contributed by atoms with Gasteiger partial charge < -0.3 is 34.7 Å². The molecule has 5 rings (SSSR count). The highest BCUT2D eigenvalue weighted by Gasteiger charge is 2.44. The van der Waals surface area contributed by atoms with E-state index in [4.69, 9.17) is 19.6 Å². The summed E-state index contributed by atoms with van der Waals surface area (Å²) in [6.45, 7) is 3.11. The summed E-state index contributed by atoms with van der Waals surface area (Å²) >= 11 is 0. The molecule has 3 aromatic rings. The number of carbonyl (C=O) groups is 5. The second kappa shape index (κ2) is 17.0. The van der Waals surface area contributed by atoms with Gasteiger partial charge in [-0.2, -0.15) is 0 Å². The fraction of sp³-hybridized carbons (Fsp3) is 0.500. The quantitative estimate of drug-likeness (QED) is 0.181. The van der Waals surface area contributed by atoms with Crippen molar-refractivity contribution in [3.05, 3.63) is 66.1 Å². The molecule has 0 radical (unpaired) electrons. The number of ether oxygens (including phenoxy) is 2. The minimum atomic E-state index is -1.04. The highest BCUT2D eigenvalue weighted by molar-refractivity contribution is 6.00. The van der Waals surface area contributed by atoms with Crippen LogP contribution in [0.2, 0.25) is 0 Å². The van der Waals surface area contributed by atoms with Gasteiger partial charge in [0.1, 0.15) is 24.3 Å². The minimum absolute atomic E-state index is 0.0204. The predicted molar refractivity (Wildman–Crippen MR) is 179 cm³/mol. The standard InChI is InChI=1S/C36H45N5O8/c1-24(38-35(45)47-23-25-12-4-2-5-13-25)34(44)41-22-27(48-36(46)40-18-10-3-11-19-40)21-29(41)30(42)20-26(14-8-9-17-37)32(43)33-39-28-15-6-7-16-31(28)49-33/h2,4-7,12-13,15-16,24,26-27,29H,3,8-11,14,17-23,37H2,1H3,(H,38,45)/t24-,26-,27-,29+/m1/s1. The van der Waals surface area contributed by atoms with Crippen LogP contribution in [0.25, 0.3) is 11.1 Å². The second-order valence-corrected chi connectivity index (χ2v) is 12.7. The number of rotatable bonds is 14. The van der Waals surface area contributed by atoms with Crippen molar-refractivity contribution in [2.75, 3.05) is 26.2 Å². The molecule has 2 aliphatic heterocycles. The van der Waals surface area contributed by atoms with E-state index in [0.717, 1.165) is 24.8 Å². The number of nitrogens with one attached hydrogen (secondary N) is 1. The summed E-state index contributed by atoms with van der Waals surface area (Å²) in [4.78, 5) is 74.5. The number of Topliss-reactive ketones (excluding diaryl/α,β-unsaturated/α-hetero) is 2. The van der Waals surface area contributed by atoms with Crippen molar-refractivity contribution in [1.29, 1.82) is 0 Å². The third kappa shape index (κ3) is 9.44. The largest absolute Gasteiger partial charge is 0.445 e. The molecule has 3 heterocycles. The van der Waals surface area contributed by atoms with Crippen molar-refractivity contribution in [2.45, 2.75) is 83.1 Å². The van der Waals surface area contributed by atoms with Crippen LogP contribution in [0.15, 0.2) is 59.0 Å². The van der Waals surface area contributed by atoms with Crippen molar-refractivity contribution in [2.24, 2.45) is 11.7 Å². The predicted octanol–water partition coefficient (Wildman–Crippen LogP) is 4.62. The lowest BCUT2D eigenvalue weighted by atomic mass is 9.89. The minimum Gasteiger partial charge on any atom is -0.445 e. The van der Waals surface area contributed by atoms with Gasteiger partial charge in [-0.25, -0.2) is 14.6 Å². The van der Waals surface area contributed by atoms with E-state index in [1.807, 2.05) is 30.3 Å². The average molecular weight is 676 g/mol. The normalized spacial score (nSPS) is 18.9. The molecular weight excluding hydrogens is 630 g/mol. The molecule has 1 aromatic heterocycles. The Bertz CT molecular complexity index is 1570. The van der Waals surface area contributed by atoms with Crippen molar-refractivity contribution in [3.8, 4) is 0 Å². The Morgan fingerprint density at radius 3 is 2.47 bits per heavy atom. The molecule has 49 heavy (non-hydrogen) atoms. The number of piperidine rings is 1. The van der Waals surface area contributed by atoms with Gasteiger partial charge in [0.2, 0.25) is 11.7 Å². The van der Waals surface area contributed by atoms with E-state index in [-0.39, 0.29) is 37.7 Å². The van der Waals surface area contributed by atoms with Crippen molar-refractivity contribution < 1.29 is 37.9 Å². The highest BCUT2D eigenvalue weighted by Crippen LogP contribution is 2.29. The van der Waals surface area contributed by atoms with Crippen LogP contribution in [0.5, 0.6) is 0 Å². The molecule has 0 unspecified atom stereocenters. The Morgan fingerprint density at radius 1 is 1.00 bits per heavy atom. The zero-order valence-electron chi connectivity index (χ0n) is 27.9. The van der Waals surface area contributed by atoms with E-state index in [1.54, 1.807) is 29.2 Å². The fourth-order valence-electron chi connectivity index (χ4n) is 6.37. The summed E-state index contributed by atoms with van der Waals surface area (Å²) in [5.74, 6) is -2.13. The van der Waals surface area contributed by atoms with Crippen molar-refractivity contribution in [3.63, 3.8) is 0 Å². The molecule has 0 aliphatic carbocycles. The summed E-state index contributed by atoms with van der Waals surface area (Å²) in [7, 11) is 0. The molecular formula is C36H45N5O8. The lowest BCUT2D eigenvalue weighted by molar-refractivity contribution is -0.139. The SMILES string of the molecule is C[C@@H](NC(=O)OCc1ccccc1)C(=O)N1C[C@H](OC(=O)N2CCCCC2)C[C@H]1C(=O)C[C@@H](CCCCN)C(=O)c1nc2ccccc2o1. The van der Waals surface area contributed by atoms with Crippen LogP contribution in [0, 0.1) is 5.92 Å². The number of aromatic nitrogens is 1. The van der Waals surface area contributed by atoms with Crippen LogP contribution in [0.4, 0.5) is 9.59 Å².